The van der Waals surface area contributed by atoms with E-state index in [2.05, 4.69) is 86.9 Å². The van der Waals surface area contributed by atoms with E-state index in [4.69, 9.17) is 15.1 Å². The number of imidazole rings is 3. The Kier molecular flexibility index (Phi) is 8.03. The highest BCUT2D eigenvalue weighted by atomic mass is 16.1. The van der Waals surface area contributed by atoms with E-state index in [1.807, 2.05) is 57.1 Å². The molecule has 1 fully saturated rings. The van der Waals surface area contributed by atoms with Crippen LogP contribution < -0.4 is 5.56 Å². The molecule has 1 saturated carbocycles. The number of fused-ring (bicyclic) bond motifs is 1. The van der Waals surface area contributed by atoms with Crippen molar-refractivity contribution in [3.63, 3.8) is 0 Å². The predicted molar refractivity (Wildman–Crippen MR) is 191 cm³/mol. The minimum absolute atomic E-state index is 0.133. The molecule has 4 heterocycles. The molecule has 1 aliphatic carbocycles. The molecule has 3 aromatic carbocycles. The van der Waals surface area contributed by atoms with Crippen LogP contribution >= 0.6 is 0 Å². The molecule has 246 valence electrons. The van der Waals surface area contributed by atoms with E-state index in [9.17, 15) is 4.79 Å². The predicted octanol–water partition coefficient (Wildman–Crippen LogP) is 7.62. The smallest absolute Gasteiger partial charge is 0.297 e. The van der Waals surface area contributed by atoms with Gasteiger partial charge in [-0.25, -0.2) is 19.5 Å². The van der Waals surface area contributed by atoms with Gasteiger partial charge in [0.1, 0.15) is 22.6 Å². The molecule has 0 radical (unpaired) electrons. The Hall–Kier alpha value is -5.57. The van der Waals surface area contributed by atoms with Crippen LogP contribution in [-0.2, 0) is 12.1 Å². The Labute approximate surface area is 285 Å². The van der Waals surface area contributed by atoms with E-state index in [1.165, 1.54) is 32.1 Å². The third-order valence-corrected chi connectivity index (χ3v) is 9.95. The Morgan fingerprint density at radius 1 is 0.735 bits per heavy atom. The van der Waals surface area contributed by atoms with Crippen molar-refractivity contribution in [3.05, 3.63) is 149 Å². The topological polar surface area (TPSA) is 87.8 Å². The van der Waals surface area contributed by atoms with Gasteiger partial charge in [-0.15, -0.1) is 5.10 Å². The zero-order valence-corrected chi connectivity index (χ0v) is 27.9. The minimum atomic E-state index is -0.719. The molecule has 0 aliphatic heterocycles. The molecule has 0 spiro atoms. The third kappa shape index (κ3) is 5.39. The molecule has 9 heteroatoms. The van der Waals surface area contributed by atoms with E-state index in [-0.39, 0.29) is 17.2 Å². The molecule has 0 atom stereocenters. The van der Waals surface area contributed by atoms with Gasteiger partial charge >= 0.3 is 0 Å². The molecule has 0 saturated heterocycles. The first-order valence-corrected chi connectivity index (χ1v) is 17.3. The summed E-state index contributed by atoms with van der Waals surface area (Å²) in [4.78, 5) is 28.3. The summed E-state index contributed by atoms with van der Waals surface area (Å²) >= 11 is 0. The normalized spacial score (nSPS) is 14.2. The molecular weight excluding hydrogens is 608 g/mol. The van der Waals surface area contributed by atoms with Gasteiger partial charge in [0, 0.05) is 25.0 Å². The van der Waals surface area contributed by atoms with Crippen LogP contribution in [0.15, 0.2) is 127 Å². The van der Waals surface area contributed by atoms with E-state index >= 15 is 0 Å². The first-order valence-electron chi connectivity index (χ1n) is 17.3. The highest BCUT2D eigenvalue weighted by Crippen LogP contribution is 2.41. The molecule has 7 aromatic rings. The van der Waals surface area contributed by atoms with Gasteiger partial charge in [0.2, 0.25) is 5.65 Å². The zero-order valence-electron chi connectivity index (χ0n) is 27.9. The van der Waals surface area contributed by atoms with Crippen LogP contribution in [0.25, 0.3) is 28.6 Å². The summed E-state index contributed by atoms with van der Waals surface area (Å²) in [5, 5.41) is 5.06. The molecule has 0 unspecified atom stereocenters. The summed E-state index contributed by atoms with van der Waals surface area (Å²) < 4.78 is 7.64. The number of rotatable bonds is 9. The van der Waals surface area contributed by atoms with Crippen LogP contribution in [0.4, 0.5) is 0 Å². The quantitative estimate of drug-likeness (QED) is 0.150. The van der Waals surface area contributed by atoms with E-state index in [1.54, 1.807) is 15.3 Å². The van der Waals surface area contributed by atoms with E-state index < -0.39 is 5.54 Å². The van der Waals surface area contributed by atoms with Crippen LogP contribution in [-0.4, -0.2) is 38.3 Å². The Balaban J connectivity index is 1.27. The summed E-state index contributed by atoms with van der Waals surface area (Å²) in [7, 11) is 0. The first kappa shape index (κ1) is 30.7. The number of benzene rings is 3. The minimum Gasteiger partial charge on any atom is -0.336 e. The van der Waals surface area contributed by atoms with Gasteiger partial charge in [-0.3, -0.25) is 9.36 Å². The van der Waals surface area contributed by atoms with Crippen molar-refractivity contribution in [1.29, 1.82) is 0 Å². The SMILES string of the molecule is CC(C)n1c(-c2cn(CC3CCCCC3)cn2)nn2c(-c3cn(C(c4ccccc4)(c4ccccc4)c4ccccc4)cn3)cnc2c1=O. The second-order valence-electron chi connectivity index (χ2n) is 13.4. The molecule has 0 bridgehead atoms. The van der Waals surface area contributed by atoms with Crippen molar-refractivity contribution in [2.75, 3.05) is 0 Å². The van der Waals surface area contributed by atoms with Crippen LogP contribution in [0.1, 0.15) is 68.7 Å². The van der Waals surface area contributed by atoms with Gasteiger partial charge < -0.3 is 9.13 Å². The lowest BCUT2D eigenvalue weighted by atomic mass is 9.77. The summed E-state index contributed by atoms with van der Waals surface area (Å²) in [6.45, 7) is 4.91. The Morgan fingerprint density at radius 3 is 1.92 bits per heavy atom. The van der Waals surface area contributed by atoms with Crippen molar-refractivity contribution >= 4 is 5.65 Å². The van der Waals surface area contributed by atoms with E-state index in [0.29, 0.717) is 28.8 Å². The lowest BCUT2D eigenvalue weighted by Gasteiger charge is -2.37. The van der Waals surface area contributed by atoms with Crippen LogP contribution in [0, 0.1) is 5.92 Å². The second-order valence-corrected chi connectivity index (χ2v) is 13.4. The van der Waals surface area contributed by atoms with Gasteiger partial charge in [-0.05, 0) is 49.3 Å². The fourth-order valence-electron chi connectivity index (χ4n) is 7.64. The fourth-order valence-corrected chi connectivity index (χ4v) is 7.64. The molecule has 1 aliphatic rings. The van der Waals surface area contributed by atoms with Gasteiger partial charge in [-0.1, -0.05) is 110 Å². The Bertz CT molecular complexity index is 2140. The molecule has 9 nitrogen and oxygen atoms in total. The number of hydrogen-bond donors (Lipinski definition) is 0. The summed E-state index contributed by atoms with van der Waals surface area (Å²) in [5.74, 6) is 1.17. The summed E-state index contributed by atoms with van der Waals surface area (Å²) in [5.41, 5.74) is 4.57. The standard InChI is InChI=1S/C40H40N8O/c1-29(2)47-37(35-25-45(27-42-35)24-30-15-7-3-8-16-30)44-48-36(23-41-38(48)39(47)49)34-26-46(28-43-34)40(31-17-9-4-10-18-31,32-19-11-5-12-20-32)33-21-13-6-14-22-33/h4-6,9-14,17-23,25-30H,3,7-8,15-16,24H2,1-2H3. The highest BCUT2D eigenvalue weighted by Gasteiger charge is 2.38. The van der Waals surface area contributed by atoms with Gasteiger partial charge in [0.05, 0.1) is 18.9 Å². The van der Waals surface area contributed by atoms with Crippen molar-refractivity contribution in [1.82, 2.24) is 38.3 Å². The van der Waals surface area contributed by atoms with Crippen molar-refractivity contribution < 1.29 is 0 Å². The molecule has 0 N–H and O–H groups in total. The molecule has 8 rings (SSSR count). The van der Waals surface area contributed by atoms with Crippen molar-refractivity contribution in [2.45, 2.75) is 64.1 Å². The van der Waals surface area contributed by atoms with E-state index in [0.717, 1.165) is 23.2 Å². The van der Waals surface area contributed by atoms with Crippen LogP contribution in [0.3, 0.4) is 0 Å². The lowest BCUT2D eigenvalue weighted by Crippen LogP contribution is -2.36. The maximum absolute atomic E-state index is 14.0. The maximum atomic E-state index is 14.0. The molecule has 0 amide bonds. The first-order chi connectivity index (χ1) is 24.0. The number of hydrogen-bond acceptors (Lipinski definition) is 5. The number of nitrogens with zero attached hydrogens (tertiary/aromatic N) is 8. The van der Waals surface area contributed by atoms with Crippen molar-refractivity contribution in [3.8, 4) is 22.9 Å². The fraction of sp³-hybridized carbons (Fsp3) is 0.275. The highest BCUT2D eigenvalue weighted by molar-refractivity contribution is 5.61. The maximum Gasteiger partial charge on any atom is 0.297 e. The Morgan fingerprint density at radius 2 is 1.33 bits per heavy atom. The number of aromatic nitrogens is 8. The molecular formula is C40H40N8O. The second kappa shape index (κ2) is 12.8. The molecule has 4 aromatic heterocycles. The largest absolute Gasteiger partial charge is 0.336 e. The average Bonchev–Trinajstić information content (AvgIpc) is 3.91. The lowest BCUT2D eigenvalue weighted by molar-refractivity contribution is 0.319. The zero-order chi connectivity index (χ0) is 33.4. The van der Waals surface area contributed by atoms with Gasteiger partial charge in [0.15, 0.2) is 5.82 Å². The average molecular weight is 649 g/mol. The van der Waals surface area contributed by atoms with Crippen LogP contribution in [0.5, 0.6) is 0 Å². The summed E-state index contributed by atoms with van der Waals surface area (Å²) in [6, 6.07) is 31.3. The van der Waals surface area contributed by atoms with Crippen LogP contribution in [0.2, 0.25) is 0 Å². The van der Waals surface area contributed by atoms with Gasteiger partial charge in [-0.2, -0.15) is 0 Å². The molecule has 49 heavy (non-hydrogen) atoms. The monoisotopic (exact) mass is 648 g/mol. The third-order valence-electron chi connectivity index (χ3n) is 9.95. The van der Waals surface area contributed by atoms with Crippen molar-refractivity contribution in [2.24, 2.45) is 5.92 Å². The summed E-state index contributed by atoms with van der Waals surface area (Å²) in [6.07, 6.45) is 15.9. The van der Waals surface area contributed by atoms with Gasteiger partial charge in [0.25, 0.3) is 5.56 Å².